The van der Waals surface area contributed by atoms with E-state index in [0.717, 1.165) is 54.6 Å². The Bertz CT molecular complexity index is 1030. The number of rotatable bonds is 4. The molecule has 1 aromatic carbocycles. The summed E-state index contributed by atoms with van der Waals surface area (Å²) in [5.41, 5.74) is 5.79. The van der Waals surface area contributed by atoms with Gasteiger partial charge in [-0.25, -0.2) is 9.50 Å². The predicted octanol–water partition coefficient (Wildman–Crippen LogP) is 2.70. The molecule has 1 aliphatic heterocycles. The van der Waals surface area contributed by atoms with Gasteiger partial charge in [0.25, 0.3) is 0 Å². The van der Waals surface area contributed by atoms with Gasteiger partial charge in [0, 0.05) is 36.2 Å². The second-order valence-electron chi connectivity index (χ2n) is 6.39. The summed E-state index contributed by atoms with van der Waals surface area (Å²) < 4.78 is 7.23. The van der Waals surface area contributed by atoms with E-state index in [9.17, 15) is 0 Å². The molecule has 0 bridgehead atoms. The molecule has 0 aliphatic carbocycles. The molecule has 8 heteroatoms. The van der Waals surface area contributed by atoms with Gasteiger partial charge in [-0.2, -0.15) is 10.2 Å². The van der Waals surface area contributed by atoms with Crippen molar-refractivity contribution in [1.29, 1.82) is 0 Å². The fourth-order valence-corrected chi connectivity index (χ4v) is 3.35. The molecule has 1 aliphatic rings. The Morgan fingerprint density at radius 1 is 1.04 bits per heavy atom. The zero-order valence-electron chi connectivity index (χ0n) is 14.7. The van der Waals surface area contributed by atoms with Gasteiger partial charge in [-0.15, -0.1) is 0 Å². The Kier molecular flexibility index (Phi) is 3.95. The van der Waals surface area contributed by atoms with Gasteiger partial charge in [0.05, 0.1) is 30.8 Å². The molecule has 0 saturated carbocycles. The SMILES string of the molecule is c1nc2c(Nc3ccc(N4CCOCC4)cc3)ccc(-c3cn[nH]c3)n2n1. The molecule has 2 N–H and O–H groups in total. The summed E-state index contributed by atoms with van der Waals surface area (Å²) >= 11 is 0. The molecular formula is C19H19N7O. The topological polar surface area (TPSA) is 83.4 Å². The minimum atomic E-state index is 0.769. The fourth-order valence-electron chi connectivity index (χ4n) is 3.35. The van der Waals surface area contributed by atoms with Gasteiger partial charge in [0.1, 0.15) is 6.33 Å². The van der Waals surface area contributed by atoms with E-state index in [1.165, 1.54) is 5.69 Å². The molecule has 5 rings (SSSR count). The zero-order chi connectivity index (χ0) is 18.1. The minimum absolute atomic E-state index is 0.769. The van der Waals surface area contributed by atoms with E-state index >= 15 is 0 Å². The molecule has 0 amide bonds. The van der Waals surface area contributed by atoms with Crippen LogP contribution in [0.25, 0.3) is 16.9 Å². The number of ether oxygens (including phenoxy) is 1. The highest BCUT2D eigenvalue weighted by molar-refractivity contribution is 5.77. The average molecular weight is 361 g/mol. The van der Waals surface area contributed by atoms with E-state index in [2.05, 4.69) is 54.8 Å². The standard InChI is InChI=1S/C19H19N7O/c1-3-16(25-7-9-27-10-8-25)4-2-15(1)24-17-5-6-18(14-11-21-22-12-14)26-19(17)20-13-23-26/h1-6,11-13,24H,7-10H2,(H,21,22). The number of benzene rings is 1. The number of pyridine rings is 1. The lowest BCUT2D eigenvalue weighted by Gasteiger charge is -2.28. The third-order valence-electron chi connectivity index (χ3n) is 4.74. The van der Waals surface area contributed by atoms with E-state index in [4.69, 9.17) is 4.74 Å². The summed E-state index contributed by atoms with van der Waals surface area (Å²) in [6.07, 6.45) is 5.17. The smallest absolute Gasteiger partial charge is 0.179 e. The van der Waals surface area contributed by atoms with E-state index in [1.807, 2.05) is 22.8 Å². The molecule has 8 nitrogen and oxygen atoms in total. The van der Waals surface area contributed by atoms with Crippen molar-refractivity contribution in [2.24, 2.45) is 0 Å². The van der Waals surface area contributed by atoms with Crippen LogP contribution < -0.4 is 10.2 Å². The summed E-state index contributed by atoms with van der Waals surface area (Å²) in [5, 5.41) is 14.6. The Morgan fingerprint density at radius 3 is 2.67 bits per heavy atom. The number of hydrogen-bond donors (Lipinski definition) is 2. The van der Waals surface area contributed by atoms with E-state index < -0.39 is 0 Å². The van der Waals surface area contributed by atoms with Crippen molar-refractivity contribution in [2.75, 3.05) is 36.5 Å². The second-order valence-corrected chi connectivity index (χ2v) is 6.39. The highest BCUT2D eigenvalue weighted by Crippen LogP contribution is 2.27. The first kappa shape index (κ1) is 15.8. The molecule has 0 spiro atoms. The summed E-state index contributed by atoms with van der Waals surface area (Å²) in [7, 11) is 0. The summed E-state index contributed by atoms with van der Waals surface area (Å²) in [6.45, 7) is 3.44. The third kappa shape index (κ3) is 3.00. The van der Waals surface area contributed by atoms with Crippen molar-refractivity contribution in [3.05, 3.63) is 55.1 Å². The van der Waals surface area contributed by atoms with Gasteiger partial charge < -0.3 is 15.0 Å². The molecule has 0 radical (unpaired) electrons. The Morgan fingerprint density at radius 2 is 1.89 bits per heavy atom. The Balaban J connectivity index is 1.42. The number of aromatic amines is 1. The normalized spacial score (nSPS) is 14.6. The van der Waals surface area contributed by atoms with Crippen LogP contribution in [0.1, 0.15) is 0 Å². The maximum absolute atomic E-state index is 5.42. The molecule has 0 atom stereocenters. The fraction of sp³-hybridized carbons (Fsp3) is 0.211. The molecule has 1 saturated heterocycles. The third-order valence-corrected chi connectivity index (χ3v) is 4.74. The molecule has 1 fully saturated rings. The lowest BCUT2D eigenvalue weighted by atomic mass is 10.2. The Hall–Kier alpha value is -3.39. The van der Waals surface area contributed by atoms with E-state index in [0.29, 0.717) is 0 Å². The number of nitrogens with one attached hydrogen (secondary N) is 2. The molecular weight excluding hydrogens is 342 g/mol. The number of hydrogen-bond acceptors (Lipinski definition) is 6. The van der Waals surface area contributed by atoms with Crippen LogP contribution in [0.2, 0.25) is 0 Å². The van der Waals surface area contributed by atoms with Crippen molar-refractivity contribution in [1.82, 2.24) is 24.8 Å². The number of fused-ring (bicyclic) bond motifs is 1. The van der Waals surface area contributed by atoms with Crippen LogP contribution in [0.3, 0.4) is 0 Å². The van der Waals surface area contributed by atoms with E-state index in [-0.39, 0.29) is 0 Å². The van der Waals surface area contributed by atoms with Gasteiger partial charge in [0.2, 0.25) is 0 Å². The number of nitrogens with zero attached hydrogens (tertiary/aromatic N) is 5. The van der Waals surface area contributed by atoms with Crippen LogP contribution in [-0.4, -0.2) is 51.1 Å². The maximum Gasteiger partial charge on any atom is 0.179 e. The molecule has 4 heterocycles. The van der Waals surface area contributed by atoms with Gasteiger partial charge >= 0.3 is 0 Å². The average Bonchev–Trinajstić information content (AvgIpc) is 3.42. The maximum atomic E-state index is 5.42. The van der Waals surface area contributed by atoms with Crippen LogP contribution in [0.4, 0.5) is 17.1 Å². The predicted molar refractivity (Wildman–Crippen MR) is 103 cm³/mol. The van der Waals surface area contributed by atoms with Crippen molar-refractivity contribution in [2.45, 2.75) is 0 Å². The molecule has 3 aromatic heterocycles. The first-order valence-corrected chi connectivity index (χ1v) is 8.90. The van der Waals surface area contributed by atoms with Crippen molar-refractivity contribution in [3.8, 4) is 11.3 Å². The molecule has 4 aromatic rings. The van der Waals surface area contributed by atoms with E-state index in [1.54, 1.807) is 12.5 Å². The van der Waals surface area contributed by atoms with Gasteiger partial charge in [-0.1, -0.05) is 0 Å². The summed E-state index contributed by atoms with van der Waals surface area (Å²) in [4.78, 5) is 6.75. The highest BCUT2D eigenvalue weighted by atomic mass is 16.5. The summed E-state index contributed by atoms with van der Waals surface area (Å²) in [6, 6.07) is 12.5. The molecule has 136 valence electrons. The zero-order valence-corrected chi connectivity index (χ0v) is 14.7. The largest absolute Gasteiger partial charge is 0.378 e. The van der Waals surface area contributed by atoms with Gasteiger partial charge in [0.15, 0.2) is 5.65 Å². The Labute approximate surface area is 155 Å². The van der Waals surface area contributed by atoms with Crippen LogP contribution in [0.15, 0.2) is 55.1 Å². The van der Waals surface area contributed by atoms with Crippen molar-refractivity contribution < 1.29 is 4.74 Å². The van der Waals surface area contributed by atoms with Gasteiger partial charge in [-0.05, 0) is 36.4 Å². The number of morpholine rings is 1. The second kappa shape index (κ2) is 6.73. The van der Waals surface area contributed by atoms with Gasteiger partial charge in [-0.3, -0.25) is 5.10 Å². The lowest BCUT2D eigenvalue weighted by Crippen LogP contribution is -2.36. The van der Waals surface area contributed by atoms with Crippen LogP contribution in [-0.2, 0) is 4.74 Å². The van der Waals surface area contributed by atoms with Crippen molar-refractivity contribution >= 4 is 22.7 Å². The number of H-pyrrole nitrogens is 1. The minimum Gasteiger partial charge on any atom is -0.378 e. The molecule has 27 heavy (non-hydrogen) atoms. The lowest BCUT2D eigenvalue weighted by molar-refractivity contribution is 0.122. The first-order chi connectivity index (χ1) is 13.4. The molecule has 0 unspecified atom stereocenters. The van der Waals surface area contributed by atoms with Crippen molar-refractivity contribution in [3.63, 3.8) is 0 Å². The number of aromatic nitrogens is 5. The monoisotopic (exact) mass is 361 g/mol. The highest BCUT2D eigenvalue weighted by Gasteiger charge is 2.13. The van der Waals surface area contributed by atoms with Crippen LogP contribution in [0.5, 0.6) is 0 Å². The number of anilines is 3. The van der Waals surface area contributed by atoms with Crippen LogP contribution in [0, 0.1) is 0 Å². The first-order valence-electron chi connectivity index (χ1n) is 8.90. The quantitative estimate of drug-likeness (QED) is 0.581. The summed E-state index contributed by atoms with van der Waals surface area (Å²) in [5.74, 6) is 0. The van der Waals surface area contributed by atoms with Crippen LogP contribution >= 0.6 is 0 Å².